The summed E-state index contributed by atoms with van der Waals surface area (Å²) >= 11 is 0. The molecule has 1 fully saturated rings. The van der Waals surface area contributed by atoms with Gasteiger partial charge in [-0.25, -0.2) is 0 Å². The minimum Gasteiger partial charge on any atom is -0.342 e. The molecule has 0 aromatic carbocycles. The molecule has 17 heavy (non-hydrogen) atoms. The Hall–Kier alpha value is -0.420. The van der Waals surface area contributed by atoms with Gasteiger partial charge >= 0.3 is 0 Å². The van der Waals surface area contributed by atoms with Crippen LogP contribution in [0.1, 0.15) is 39.0 Å². The molecule has 2 unspecified atom stereocenters. The van der Waals surface area contributed by atoms with Gasteiger partial charge in [-0.1, -0.05) is 19.8 Å². The third kappa shape index (κ3) is 5.17. The Kier molecular flexibility index (Phi) is 6.73. The van der Waals surface area contributed by atoms with Gasteiger partial charge in [-0.15, -0.1) is 0 Å². The predicted molar refractivity (Wildman–Crippen MR) is 71.2 cm³/mol. The molecule has 2 atom stereocenters. The minimum atomic E-state index is -1.07. The van der Waals surface area contributed by atoms with Gasteiger partial charge in [-0.05, 0) is 25.8 Å². The van der Waals surface area contributed by atoms with Crippen molar-refractivity contribution in [3.05, 3.63) is 0 Å². The van der Waals surface area contributed by atoms with Crippen LogP contribution in [0.5, 0.6) is 0 Å². The molecule has 5 heteroatoms. The summed E-state index contributed by atoms with van der Waals surface area (Å²) in [6.45, 7) is 4.10. The number of carbonyl (C=O) groups is 1. The first-order valence-corrected chi connectivity index (χ1v) is 7.88. The second-order valence-corrected chi connectivity index (χ2v) is 6.56. The number of nitrogens with zero attached hydrogens (tertiary/aromatic N) is 1. The zero-order valence-electron chi connectivity index (χ0n) is 10.7. The summed E-state index contributed by atoms with van der Waals surface area (Å²) in [4.78, 5) is 13.8. The van der Waals surface area contributed by atoms with E-state index in [0.717, 1.165) is 32.4 Å². The monoisotopic (exact) mass is 260 g/mol. The van der Waals surface area contributed by atoms with Crippen molar-refractivity contribution in [1.82, 2.24) is 4.90 Å². The summed E-state index contributed by atoms with van der Waals surface area (Å²) in [6, 6.07) is 0. The van der Waals surface area contributed by atoms with Crippen LogP contribution in [0.15, 0.2) is 0 Å². The maximum Gasteiger partial charge on any atom is 0.235 e. The minimum absolute atomic E-state index is 0.0240. The fourth-order valence-corrected chi connectivity index (χ4v) is 3.15. The first-order chi connectivity index (χ1) is 8.15. The highest BCUT2D eigenvalue weighted by Gasteiger charge is 2.20. The van der Waals surface area contributed by atoms with Gasteiger partial charge in [-0.3, -0.25) is 9.00 Å². The van der Waals surface area contributed by atoms with E-state index in [1.807, 2.05) is 11.8 Å². The molecule has 0 aliphatic carbocycles. The molecule has 1 saturated heterocycles. The average Bonchev–Trinajstić information content (AvgIpc) is 2.57. The SMILES string of the molecule is CC(CCN)S(=O)CC(=O)N1CCCCCC1. The molecule has 1 aliphatic rings. The molecule has 0 aromatic rings. The highest BCUT2D eigenvalue weighted by molar-refractivity contribution is 7.86. The van der Waals surface area contributed by atoms with Crippen LogP contribution in [0.3, 0.4) is 0 Å². The van der Waals surface area contributed by atoms with Crippen molar-refractivity contribution in [2.45, 2.75) is 44.3 Å². The van der Waals surface area contributed by atoms with E-state index in [0.29, 0.717) is 6.54 Å². The topological polar surface area (TPSA) is 63.4 Å². The van der Waals surface area contributed by atoms with Gasteiger partial charge in [0.2, 0.25) is 5.91 Å². The fraction of sp³-hybridized carbons (Fsp3) is 0.917. The van der Waals surface area contributed by atoms with Crippen LogP contribution >= 0.6 is 0 Å². The molecular formula is C12H24N2O2S. The Bertz CT molecular complexity index is 263. The summed E-state index contributed by atoms with van der Waals surface area (Å²) in [5, 5.41) is 0.0240. The first kappa shape index (κ1) is 14.6. The molecule has 4 nitrogen and oxygen atoms in total. The standard InChI is InChI=1S/C12H24N2O2S/c1-11(6-7-13)17(16)10-12(15)14-8-4-2-3-5-9-14/h11H,2-10,13H2,1H3. The lowest BCUT2D eigenvalue weighted by molar-refractivity contribution is -0.128. The van der Waals surface area contributed by atoms with Gasteiger partial charge in [-0.2, -0.15) is 0 Å². The number of carbonyl (C=O) groups excluding carboxylic acids is 1. The normalized spacial score (nSPS) is 20.7. The second-order valence-electron chi connectivity index (χ2n) is 4.71. The van der Waals surface area contributed by atoms with Crippen LogP contribution in [0.25, 0.3) is 0 Å². The molecule has 1 heterocycles. The molecule has 1 amide bonds. The van der Waals surface area contributed by atoms with Gasteiger partial charge in [0, 0.05) is 29.1 Å². The summed E-state index contributed by atoms with van der Waals surface area (Å²) in [7, 11) is -1.07. The Morgan fingerprint density at radius 2 is 1.88 bits per heavy atom. The highest BCUT2D eigenvalue weighted by Crippen LogP contribution is 2.11. The molecule has 0 bridgehead atoms. The van der Waals surface area contributed by atoms with Gasteiger partial charge in [0.1, 0.15) is 5.75 Å². The Morgan fingerprint density at radius 1 is 1.29 bits per heavy atom. The summed E-state index contributed by atoms with van der Waals surface area (Å²) in [5.74, 6) is 0.218. The van der Waals surface area contributed by atoms with E-state index >= 15 is 0 Å². The first-order valence-electron chi connectivity index (χ1n) is 6.50. The zero-order chi connectivity index (χ0) is 12.7. The molecule has 1 rings (SSSR count). The number of amides is 1. The third-order valence-corrected chi connectivity index (χ3v) is 4.91. The highest BCUT2D eigenvalue weighted by atomic mass is 32.2. The van der Waals surface area contributed by atoms with Crippen molar-refractivity contribution in [2.75, 3.05) is 25.4 Å². The second kappa shape index (κ2) is 7.82. The van der Waals surface area contributed by atoms with Crippen molar-refractivity contribution in [1.29, 1.82) is 0 Å². The van der Waals surface area contributed by atoms with E-state index in [1.54, 1.807) is 0 Å². The number of hydrogen-bond donors (Lipinski definition) is 1. The summed E-state index contributed by atoms with van der Waals surface area (Å²) in [5.41, 5.74) is 5.43. The van der Waals surface area contributed by atoms with Crippen molar-refractivity contribution >= 4 is 16.7 Å². The van der Waals surface area contributed by atoms with Crippen LogP contribution in [0, 0.1) is 0 Å². The van der Waals surface area contributed by atoms with Crippen molar-refractivity contribution in [3.8, 4) is 0 Å². The van der Waals surface area contributed by atoms with E-state index in [-0.39, 0.29) is 16.9 Å². The number of nitrogens with two attached hydrogens (primary N) is 1. The molecule has 1 aliphatic heterocycles. The fourth-order valence-electron chi connectivity index (χ4n) is 2.04. The number of hydrogen-bond acceptors (Lipinski definition) is 3. The van der Waals surface area contributed by atoms with Crippen molar-refractivity contribution < 1.29 is 9.00 Å². The summed E-state index contributed by atoms with van der Waals surface area (Å²) in [6.07, 6.45) is 5.29. The maximum atomic E-state index is 12.0. The van der Waals surface area contributed by atoms with Crippen LogP contribution < -0.4 is 5.73 Å². The van der Waals surface area contributed by atoms with Crippen molar-refractivity contribution in [3.63, 3.8) is 0 Å². The smallest absolute Gasteiger partial charge is 0.235 e. The number of likely N-dealkylation sites (tertiary alicyclic amines) is 1. The number of rotatable bonds is 5. The van der Waals surface area contributed by atoms with E-state index < -0.39 is 10.8 Å². The molecular weight excluding hydrogens is 236 g/mol. The predicted octanol–water partition coefficient (Wildman–Crippen LogP) is 0.875. The van der Waals surface area contributed by atoms with Gasteiger partial charge < -0.3 is 10.6 Å². The lowest BCUT2D eigenvalue weighted by atomic mass is 10.2. The van der Waals surface area contributed by atoms with E-state index in [2.05, 4.69) is 0 Å². The Morgan fingerprint density at radius 3 is 2.41 bits per heavy atom. The molecule has 0 radical (unpaired) electrons. The molecule has 0 saturated carbocycles. The molecule has 100 valence electrons. The van der Waals surface area contributed by atoms with Gasteiger partial charge in [0.25, 0.3) is 0 Å². The maximum absolute atomic E-state index is 12.0. The largest absolute Gasteiger partial charge is 0.342 e. The average molecular weight is 260 g/mol. The molecule has 2 N–H and O–H groups in total. The van der Waals surface area contributed by atoms with Crippen LogP contribution in [0.2, 0.25) is 0 Å². The van der Waals surface area contributed by atoms with Crippen molar-refractivity contribution in [2.24, 2.45) is 5.73 Å². The van der Waals surface area contributed by atoms with Crippen LogP contribution in [-0.2, 0) is 15.6 Å². The van der Waals surface area contributed by atoms with E-state index in [1.165, 1.54) is 12.8 Å². The van der Waals surface area contributed by atoms with Crippen LogP contribution in [0.4, 0.5) is 0 Å². The lowest BCUT2D eigenvalue weighted by Crippen LogP contribution is -2.36. The van der Waals surface area contributed by atoms with Gasteiger partial charge in [0.05, 0.1) is 0 Å². The Balaban J connectivity index is 2.39. The van der Waals surface area contributed by atoms with Gasteiger partial charge in [0.15, 0.2) is 0 Å². The Labute approximate surface area is 106 Å². The summed E-state index contributed by atoms with van der Waals surface area (Å²) < 4.78 is 11.9. The zero-order valence-corrected chi connectivity index (χ0v) is 11.5. The van der Waals surface area contributed by atoms with E-state index in [4.69, 9.17) is 5.73 Å². The quantitative estimate of drug-likeness (QED) is 0.798. The molecule has 0 spiro atoms. The third-order valence-electron chi connectivity index (χ3n) is 3.25. The van der Waals surface area contributed by atoms with E-state index in [9.17, 15) is 9.00 Å². The van der Waals surface area contributed by atoms with Crippen LogP contribution in [-0.4, -0.2) is 45.7 Å². The molecule has 0 aromatic heterocycles. The lowest BCUT2D eigenvalue weighted by Gasteiger charge is -2.21.